The van der Waals surface area contributed by atoms with Crippen LogP contribution in [0.1, 0.15) is 28.9 Å². The zero-order valence-electron chi connectivity index (χ0n) is 10.8. The highest BCUT2D eigenvalue weighted by atomic mass is 16.4. The normalized spacial score (nSPS) is 12.8. The van der Waals surface area contributed by atoms with Crippen molar-refractivity contribution >= 4 is 11.0 Å². The van der Waals surface area contributed by atoms with Gasteiger partial charge in [-0.3, -0.25) is 0 Å². The molecule has 1 N–H and O–H groups in total. The van der Waals surface area contributed by atoms with E-state index >= 15 is 0 Å². The lowest BCUT2D eigenvalue weighted by molar-refractivity contribution is 0.187. The maximum absolute atomic E-state index is 10.3. The summed E-state index contributed by atoms with van der Waals surface area (Å²) in [6, 6.07) is 9.46. The number of benzene rings is 1. The molecule has 1 unspecified atom stereocenters. The molecule has 0 bridgehead atoms. The van der Waals surface area contributed by atoms with E-state index in [0.717, 1.165) is 16.5 Å². The topological polar surface area (TPSA) is 59.2 Å². The molecule has 19 heavy (non-hydrogen) atoms. The van der Waals surface area contributed by atoms with Crippen molar-refractivity contribution in [2.75, 3.05) is 0 Å². The maximum Gasteiger partial charge on any atom is 0.154 e. The van der Waals surface area contributed by atoms with Crippen molar-refractivity contribution in [3.63, 3.8) is 0 Å². The van der Waals surface area contributed by atoms with Crippen molar-refractivity contribution in [3.8, 4) is 0 Å². The fourth-order valence-corrected chi connectivity index (χ4v) is 2.14. The summed E-state index contributed by atoms with van der Waals surface area (Å²) < 4.78 is 5.74. The Balaban J connectivity index is 2.06. The van der Waals surface area contributed by atoms with E-state index in [4.69, 9.17) is 4.42 Å². The van der Waals surface area contributed by atoms with Gasteiger partial charge in [0.2, 0.25) is 0 Å². The molecule has 0 aliphatic heterocycles. The minimum Gasteiger partial charge on any atom is -0.458 e. The average Bonchev–Trinajstić information content (AvgIpc) is 2.83. The first kappa shape index (κ1) is 11.9. The number of aromatic nitrogens is 2. The van der Waals surface area contributed by atoms with Gasteiger partial charge in [0.25, 0.3) is 0 Å². The quantitative estimate of drug-likeness (QED) is 0.763. The number of nitrogens with zero attached hydrogens (tertiary/aromatic N) is 2. The van der Waals surface area contributed by atoms with E-state index in [2.05, 4.69) is 9.97 Å². The van der Waals surface area contributed by atoms with Crippen molar-refractivity contribution in [1.82, 2.24) is 9.97 Å². The van der Waals surface area contributed by atoms with Gasteiger partial charge in [-0.2, -0.15) is 0 Å². The van der Waals surface area contributed by atoms with Crippen molar-refractivity contribution in [1.29, 1.82) is 0 Å². The molecule has 0 spiro atoms. The summed E-state index contributed by atoms with van der Waals surface area (Å²) in [6.45, 7) is 3.77. The molecular weight excluding hydrogens is 240 g/mol. The molecule has 0 amide bonds. The highest BCUT2D eigenvalue weighted by Gasteiger charge is 2.17. The molecule has 3 rings (SSSR count). The molecule has 3 aromatic rings. The van der Waals surface area contributed by atoms with Crippen LogP contribution in [0.3, 0.4) is 0 Å². The third-order valence-electron chi connectivity index (χ3n) is 3.11. The molecule has 4 nitrogen and oxygen atoms in total. The second-order valence-corrected chi connectivity index (χ2v) is 4.57. The molecule has 0 fully saturated rings. The predicted molar refractivity (Wildman–Crippen MR) is 71.8 cm³/mol. The standard InChI is InChI=1S/C15H14N2O2/c1-9-4-3-5-11-8-13(19-15(9)11)14(18)12-6-7-16-10(2)17-12/h3-8,14,18H,1-2H3. The number of aliphatic hydroxyl groups is 1. The van der Waals surface area contributed by atoms with Gasteiger partial charge in [-0.1, -0.05) is 18.2 Å². The number of fused-ring (bicyclic) bond motifs is 1. The lowest BCUT2D eigenvalue weighted by atomic mass is 10.1. The fraction of sp³-hybridized carbons (Fsp3) is 0.200. The summed E-state index contributed by atoms with van der Waals surface area (Å²) in [5, 5.41) is 11.3. The highest BCUT2D eigenvalue weighted by Crippen LogP contribution is 2.28. The van der Waals surface area contributed by atoms with Crippen LogP contribution in [0.4, 0.5) is 0 Å². The van der Waals surface area contributed by atoms with Crippen LogP contribution in [-0.2, 0) is 0 Å². The Bertz CT molecular complexity index is 734. The van der Waals surface area contributed by atoms with Gasteiger partial charge in [0, 0.05) is 11.6 Å². The Labute approximate surface area is 110 Å². The molecule has 2 aromatic heterocycles. The van der Waals surface area contributed by atoms with Gasteiger partial charge in [0.05, 0.1) is 5.69 Å². The van der Waals surface area contributed by atoms with Crippen molar-refractivity contribution in [2.45, 2.75) is 20.0 Å². The van der Waals surface area contributed by atoms with Crippen molar-refractivity contribution in [2.24, 2.45) is 0 Å². The number of hydrogen-bond donors (Lipinski definition) is 1. The molecule has 4 heteroatoms. The van der Waals surface area contributed by atoms with Gasteiger partial charge in [0.15, 0.2) is 6.10 Å². The third-order valence-corrected chi connectivity index (χ3v) is 3.11. The van der Waals surface area contributed by atoms with E-state index in [0.29, 0.717) is 17.3 Å². The Kier molecular flexibility index (Phi) is 2.80. The Morgan fingerprint density at radius 2 is 2.05 bits per heavy atom. The molecule has 0 radical (unpaired) electrons. The number of aliphatic hydroxyl groups excluding tert-OH is 1. The van der Waals surface area contributed by atoms with Gasteiger partial charge >= 0.3 is 0 Å². The monoisotopic (exact) mass is 254 g/mol. The highest BCUT2D eigenvalue weighted by molar-refractivity contribution is 5.81. The SMILES string of the molecule is Cc1nccc(C(O)c2cc3cccc(C)c3o2)n1. The second-order valence-electron chi connectivity index (χ2n) is 4.57. The lowest BCUT2D eigenvalue weighted by Gasteiger charge is -2.06. The first-order chi connectivity index (χ1) is 9.15. The molecule has 1 aromatic carbocycles. The first-order valence-corrected chi connectivity index (χ1v) is 6.12. The summed E-state index contributed by atoms with van der Waals surface area (Å²) in [5.74, 6) is 1.13. The van der Waals surface area contributed by atoms with E-state index in [1.807, 2.05) is 31.2 Å². The van der Waals surface area contributed by atoms with Crippen LogP contribution in [0.5, 0.6) is 0 Å². The summed E-state index contributed by atoms with van der Waals surface area (Å²) in [4.78, 5) is 8.24. The van der Waals surface area contributed by atoms with E-state index in [-0.39, 0.29) is 0 Å². The summed E-state index contributed by atoms with van der Waals surface area (Å²) in [7, 11) is 0. The first-order valence-electron chi connectivity index (χ1n) is 6.12. The molecular formula is C15H14N2O2. The molecule has 2 heterocycles. The van der Waals surface area contributed by atoms with Gasteiger partial charge < -0.3 is 9.52 Å². The zero-order chi connectivity index (χ0) is 13.4. The van der Waals surface area contributed by atoms with Crippen LogP contribution in [0.15, 0.2) is 40.9 Å². The van der Waals surface area contributed by atoms with Crippen molar-refractivity contribution in [3.05, 3.63) is 59.4 Å². The third kappa shape index (κ3) is 2.11. The largest absolute Gasteiger partial charge is 0.458 e. The van der Waals surface area contributed by atoms with Gasteiger partial charge in [-0.05, 0) is 31.5 Å². The maximum atomic E-state index is 10.3. The lowest BCUT2D eigenvalue weighted by Crippen LogP contribution is -2.02. The number of hydrogen-bond acceptors (Lipinski definition) is 4. The van der Waals surface area contributed by atoms with Crippen LogP contribution in [0.2, 0.25) is 0 Å². The van der Waals surface area contributed by atoms with Gasteiger partial charge in [-0.15, -0.1) is 0 Å². The fourth-order valence-electron chi connectivity index (χ4n) is 2.14. The van der Waals surface area contributed by atoms with Crippen LogP contribution >= 0.6 is 0 Å². The molecule has 0 saturated heterocycles. The smallest absolute Gasteiger partial charge is 0.154 e. The van der Waals surface area contributed by atoms with E-state index in [1.165, 1.54) is 0 Å². The molecule has 0 aliphatic rings. The Morgan fingerprint density at radius 1 is 1.21 bits per heavy atom. The molecule has 1 atom stereocenters. The van der Waals surface area contributed by atoms with Crippen LogP contribution < -0.4 is 0 Å². The number of para-hydroxylation sites is 1. The minimum atomic E-state index is -0.867. The summed E-state index contributed by atoms with van der Waals surface area (Å²) in [6.07, 6.45) is 0.767. The number of rotatable bonds is 2. The van der Waals surface area contributed by atoms with Crippen LogP contribution in [0, 0.1) is 13.8 Å². The Morgan fingerprint density at radius 3 is 2.79 bits per heavy atom. The minimum absolute atomic E-state index is 0.502. The van der Waals surface area contributed by atoms with E-state index in [1.54, 1.807) is 19.2 Å². The molecule has 96 valence electrons. The number of furan rings is 1. The van der Waals surface area contributed by atoms with E-state index in [9.17, 15) is 5.11 Å². The molecule has 0 aliphatic carbocycles. The van der Waals surface area contributed by atoms with Crippen LogP contribution in [0.25, 0.3) is 11.0 Å². The Hall–Kier alpha value is -2.20. The van der Waals surface area contributed by atoms with Crippen LogP contribution in [-0.4, -0.2) is 15.1 Å². The predicted octanol–water partition coefficient (Wildman–Crippen LogP) is 2.92. The number of aryl methyl sites for hydroxylation is 2. The van der Waals surface area contributed by atoms with Crippen molar-refractivity contribution < 1.29 is 9.52 Å². The average molecular weight is 254 g/mol. The zero-order valence-corrected chi connectivity index (χ0v) is 10.8. The molecule has 0 saturated carbocycles. The summed E-state index contributed by atoms with van der Waals surface area (Å²) in [5.41, 5.74) is 2.40. The van der Waals surface area contributed by atoms with E-state index < -0.39 is 6.10 Å². The van der Waals surface area contributed by atoms with Gasteiger partial charge in [0.1, 0.15) is 17.2 Å². The second kappa shape index (κ2) is 4.48. The van der Waals surface area contributed by atoms with Gasteiger partial charge in [-0.25, -0.2) is 9.97 Å². The summed E-state index contributed by atoms with van der Waals surface area (Å²) >= 11 is 0.